The van der Waals surface area contributed by atoms with E-state index in [9.17, 15) is 4.79 Å². The highest BCUT2D eigenvalue weighted by Crippen LogP contribution is 2.38. The van der Waals surface area contributed by atoms with Gasteiger partial charge in [0, 0.05) is 43.5 Å². The van der Waals surface area contributed by atoms with Gasteiger partial charge in [0.2, 0.25) is 5.91 Å². The van der Waals surface area contributed by atoms with Gasteiger partial charge in [-0.1, -0.05) is 6.08 Å². The molecule has 0 unspecified atom stereocenters. The molecule has 0 aliphatic carbocycles. The topological polar surface area (TPSA) is 39.3 Å². The van der Waals surface area contributed by atoms with Gasteiger partial charge in [0.1, 0.15) is 0 Å². The number of H-pyrrole nitrogens is 1. The lowest BCUT2D eigenvalue weighted by Gasteiger charge is -2.45. The fourth-order valence-electron chi connectivity index (χ4n) is 4.10. The van der Waals surface area contributed by atoms with Crippen molar-refractivity contribution in [3.05, 3.63) is 36.7 Å². The van der Waals surface area contributed by atoms with Crippen LogP contribution in [0.5, 0.6) is 0 Å². The predicted molar refractivity (Wildman–Crippen MR) is 88.7 cm³/mol. The molecule has 1 aromatic rings. The second kappa shape index (κ2) is 6.69. The summed E-state index contributed by atoms with van der Waals surface area (Å²) in [6.45, 7) is 7.89. The van der Waals surface area contributed by atoms with Crippen molar-refractivity contribution >= 4 is 5.91 Å². The fourth-order valence-corrected chi connectivity index (χ4v) is 4.10. The van der Waals surface area contributed by atoms with E-state index in [4.69, 9.17) is 0 Å². The Labute approximate surface area is 133 Å². The first-order chi connectivity index (χ1) is 10.7. The summed E-state index contributed by atoms with van der Waals surface area (Å²) in [5, 5.41) is 0. The number of aryl methyl sites for hydroxylation is 1. The molecule has 2 aliphatic rings. The van der Waals surface area contributed by atoms with E-state index in [2.05, 4.69) is 21.4 Å². The van der Waals surface area contributed by atoms with Crippen molar-refractivity contribution in [1.82, 2.24) is 14.8 Å². The van der Waals surface area contributed by atoms with Crippen molar-refractivity contribution in [2.45, 2.75) is 44.1 Å². The number of likely N-dealkylation sites (tertiary alicyclic amines) is 2. The Morgan fingerprint density at radius 3 is 2.82 bits per heavy atom. The number of nitrogens with one attached hydrogen (secondary N) is 1. The summed E-state index contributed by atoms with van der Waals surface area (Å²) >= 11 is 0. The van der Waals surface area contributed by atoms with Crippen LogP contribution >= 0.6 is 0 Å². The van der Waals surface area contributed by atoms with Crippen molar-refractivity contribution in [1.29, 1.82) is 0 Å². The third-order valence-corrected chi connectivity index (χ3v) is 5.41. The molecule has 2 saturated heterocycles. The molecule has 4 nitrogen and oxygen atoms in total. The van der Waals surface area contributed by atoms with Gasteiger partial charge in [-0.05, 0) is 50.8 Å². The SMILES string of the molecule is C=CCN1CCCC12CCN(C(=O)CCc1ccc[nH]1)CC2. The summed E-state index contributed by atoms with van der Waals surface area (Å²) in [4.78, 5) is 20.2. The number of carbonyl (C=O) groups excluding carboxylic acids is 1. The standard InChI is InChI=1S/C18H27N3O/c1-2-12-21-13-4-8-18(21)9-14-20(15-10-18)17(22)7-6-16-5-3-11-19-16/h2-3,5,11,19H,1,4,6-10,12-15H2. The number of amides is 1. The van der Waals surface area contributed by atoms with E-state index in [1.807, 2.05) is 24.4 Å². The molecule has 1 amide bonds. The highest BCUT2D eigenvalue weighted by atomic mass is 16.2. The third-order valence-electron chi connectivity index (χ3n) is 5.41. The van der Waals surface area contributed by atoms with E-state index in [1.54, 1.807) is 0 Å². The van der Waals surface area contributed by atoms with Crippen molar-refractivity contribution in [3.8, 4) is 0 Å². The van der Waals surface area contributed by atoms with Crippen molar-refractivity contribution < 1.29 is 4.79 Å². The molecule has 0 saturated carbocycles. The smallest absolute Gasteiger partial charge is 0.222 e. The molecule has 1 N–H and O–H groups in total. The van der Waals surface area contributed by atoms with Crippen molar-refractivity contribution in [2.75, 3.05) is 26.2 Å². The number of hydrogen-bond donors (Lipinski definition) is 1. The first-order valence-corrected chi connectivity index (χ1v) is 8.49. The Bertz CT molecular complexity index is 500. The Kier molecular flexibility index (Phi) is 4.67. The van der Waals surface area contributed by atoms with E-state index in [0.29, 0.717) is 17.9 Å². The minimum Gasteiger partial charge on any atom is -0.365 e. The van der Waals surface area contributed by atoms with Gasteiger partial charge < -0.3 is 9.88 Å². The molecule has 0 radical (unpaired) electrons. The normalized spacial score (nSPS) is 21.4. The maximum Gasteiger partial charge on any atom is 0.222 e. The van der Waals surface area contributed by atoms with Gasteiger partial charge in [-0.25, -0.2) is 0 Å². The van der Waals surface area contributed by atoms with Crippen LogP contribution in [0.25, 0.3) is 0 Å². The molecule has 22 heavy (non-hydrogen) atoms. The minimum absolute atomic E-state index is 0.303. The van der Waals surface area contributed by atoms with Crippen LogP contribution < -0.4 is 0 Å². The van der Waals surface area contributed by atoms with Crippen molar-refractivity contribution in [3.63, 3.8) is 0 Å². The average Bonchev–Trinajstić information content (AvgIpc) is 3.17. The second-order valence-corrected chi connectivity index (χ2v) is 6.64. The Morgan fingerprint density at radius 2 is 2.14 bits per heavy atom. The monoisotopic (exact) mass is 301 g/mol. The summed E-state index contributed by atoms with van der Waals surface area (Å²) < 4.78 is 0. The van der Waals surface area contributed by atoms with Crippen LogP contribution in [0.15, 0.2) is 31.0 Å². The molecule has 4 heteroatoms. The van der Waals surface area contributed by atoms with Crippen LogP contribution in [0.2, 0.25) is 0 Å². The molecule has 0 aromatic carbocycles. The molecule has 3 rings (SSSR count). The van der Waals surface area contributed by atoms with Crippen LogP contribution in [-0.4, -0.2) is 52.4 Å². The van der Waals surface area contributed by atoms with E-state index >= 15 is 0 Å². The number of hydrogen-bond acceptors (Lipinski definition) is 2. The molecule has 2 fully saturated rings. The van der Waals surface area contributed by atoms with E-state index in [0.717, 1.165) is 44.6 Å². The summed E-state index contributed by atoms with van der Waals surface area (Å²) in [7, 11) is 0. The summed E-state index contributed by atoms with van der Waals surface area (Å²) in [5.74, 6) is 0.303. The zero-order valence-electron chi connectivity index (χ0n) is 13.4. The number of aromatic amines is 1. The molecule has 3 heterocycles. The van der Waals surface area contributed by atoms with E-state index in [-0.39, 0.29) is 0 Å². The second-order valence-electron chi connectivity index (χ2n) is 6.64. The number of rotatable bonds is 5. The molecule has 0 bridgehead atoms. The maximum absolute atomic E-state index is 12.4. The lowest BCUT2D eigenvalue weighted by molar-refractivity contribution is -0.133. The lowest BCUT2D eigenvalue weighted by atomic mass is 9.84. The summed E-state index contributed by atoms with van der Waals surface area (Å²) in [6, 6.07) is 4.03. The average molecular weight is 301 g/mol. The highest BCUT2D eigenvalue weighted by Gasteiger charge is 2.42. The Morgan fingerprint density at radius 1 is 1.32 bits per heavy atom. The lowest BCUT2D eigenvalue weighted by Crippen LogP contribution is -2.53. The first-order valence-electron chi connectivity index (χ1n) is 8.49. The van der Waals surface area contributed by atoms with Crippen LogP contribution in [0, 0.1) is 0 Å². The molecule has 120 valence electrons. The van der Waals surface area contributed by atoms with Crippen LogP contribution in [0.1, 0.15) is 37.8 Å². The molecule has 2 aliphatic heterocycles. The maximum atomic E-state index is 12.4. The van der Waals surface area contributed by atoms with Crippen LogP contribution in [0.3, 0.4) is 0 Å². The van der Waals surface area contributed by atoms with Gasteiger partial charge in [-0.3, -0.25) is 9.69 Å². The number of nitrogens with zero attached hydrogens (tertiary/aromatic N) is 2. The molecule has 1 spiro atoms. The fraction of sp³-hybridized carbons (Fsp3) is 0.611. The van der Waals surface area contributed by atoms with E-state index < -0.39 is 0 Å². The first kappa shape index (κ1) is 15.3. The van der Waals surface area contributed by atoms with Gasteiger partial charge in [0.25, 0.3) is 0 Å². The number of piperidine rings is 1. The Hall–Kier alpha value is -1.55. The number of aromatic nitrogens is 1. The van der Waals surface area contributed by atoms with Gasteiger partial charge in [0.15, 0.2) is 0 Å². The molecular weight excluding hydrogens is 274 g/mol. The predicted octanol–water partition coefficient (Wildman–Crippen LogP) is 2.59. The number of carbonyl (C=O) groups is 1. The van der Waals surface area contributed by atoms with Gasteiger partial charge in [0.05, 0.1) is 0 Å². The third kappa shape index (κ3) is 3.12. The summed E-state index contributed by atoms with van der Waals surface area (Å²) in [5.41, 5.74) is 1.49. The van der Waals surface area contributed by atoms with Gasteiger partial charge >= 0.3 is 0 Å². The van der Waals surface area contributed by atoms with Crippen molar-refractivity contribution in [2.24, 2.45) is 0 Å². The van der Waals surface area contributed by atoms with E-state index in [1.165, 1.54) is 19.4 Å². The van der Waals surface area contributed by atoms with Crippen LogP contribution in [0.4, 0.5) is 0 Å². The summed E-state index contributed by atoms with van der Waals surface area (Å²) in [6.07, 6.45) is 10.2. The molecule has 0 atom stereocenters. The molecular formula is C18H27N3O. The zero-order chi connectivity index (χ0) is 15.4. The van der Waals surface area contributed by atoms with Crippen LogP contribution in [-0.2, 0) is 11.2 Å². The van der Waals surface area contributed by atoms with Gasteiger partial charge in [-0.15, -0.1) is 6.58 Å². The highest BCUT2D eigenvalue weighted by molar-refractivity contribution is 5.76. The largest absolute Gasteiger partial charge is 0.365 e. The quantitative estimate of drug-likeness (QED) is 0.849. The van der Waals surface area contributed by atoms with Gasteiger partial charge in [-0.2, -0.15) is 0 Å². The minimum atomic E-state index is 0.303. The molecule has 1 aromatic heterocycles. The zero-order valence-corrected chi connectivity index (χ0v) is 13.4. The Balaban J connectivity index is 1.50.